The monoisotopic (exact) mass is 190 g/mol. The molecule has 1 heterocycles. The van der Waals surface area contributed by atoms with Gasteiger partial charge in [-0.3, -0.25) is 4.79 Å². The summed E-state index contributed by atoms with van der Waals surface area (Å²) in [6.07, 6.45) is 1.27. The second-order valence-electron chi connectivity index (χ2n) is 2.34. The maximum atomic E-state index is 10.9. The summed E-state index contributed by atoms with van der Waals surface area (Å²) in [4.78, 5) is 17.6. The SMILES string of the molecule is [C-]#[N+]c1ncn(CC(=O)OC)c1C#N. The van der Waals surface area contributed by atoms with Gasteiger partial charge in [-0.15, -0.1) is 4.98 Å². The zero-order valence-corrected chi connectivity index (χ0v) is 7.39. The van der Waals surface area contributed by atoms with Crippen LogP contribution in [0.3, 0.4) is 0 Å². The lowest BCUT2D eigenvalue weighted by Crippen LogP contribution is -2.11. The third-order valence-corrected chi connectivity index (χ3v) is 1.56. The van der Waals surface area contributed by atoms with Crippen LogP contribution in [0, 0.1) is 17.9 Å². The Kier molecular flexibility index (Phi) is 2.82. The van der Waals surface area contributed by atoms with Gasteiger partial charge in [0.2, 0.25) is 0 Å². The molecule has 14 heavy (non-hydrogen) atoms. The third-order valence-electron chi connectivity index (χ3n) is 1.56. The van der Waals surface area contributed by atoms with Crippen LogP contribution in [0.1, 0.15) is 5.69 Å². The molecular formula is C8H6N4O2. The number of rotatable bonds is 2. The Labute approximate surface area is 80.2 Å². The highest BCUT2D eigenvalue weighted by atomic mass is 16.5. The minimum Gasteiger partial charge on any atom is -0.468 e. The Morgan fingerprint density at radius 2 is 2.64 bits per heavy atom. The number of methoxy groups -OCH3 is 1. The van der Waals surface area contributed by atoms with Crippen molar-refractivity contribution < 1.29 is 9.53 Å². The third kappa shape index (κ3) is 1.70. The maximum absolute atomic E-state index is 10.9. The predicted molar refractivity (Wildman–Crippen MR) is 45.2 cm³/mol. The van der Waals surface area contributed by atoms with Gasteiger partial charge in [0.15, 0.2) is 6.33 Å². The summed E-state index contributed by atoms with van der Waals surface area (Å²) in [5.74, 6) is -0.494. The van der Waals surface area contributed by atoms with E-state index in [2.05, 4.69) is 14.6 Å². The highest BCUT2D eigenvalue weighted by molar-refractivity contribution is 5.69. The quantitative estimate of drug-likeness (QED) is 0.502. The lowest BCUT2D eigenvalue weighted by molar-refractivity contribution is -0.141. The van der Waals surface area contributed by atoms with Crippen LogP contribution >= 0.6 is 0 Å². The average Bonchev–Trinajstić information content (AvgIpc) is 2.59. The Balaban J connectivity index is 3.01. The van der Waals surface area contributed by atoms with E-state index in [1.165, 1.54) is 18.0 Å². The topological polar surface area (TPSA) is 72.3 Å². The van der Waals surface area contributed by atoms with Crippen molar-refractivity contribution in [1.82, 2.24) is 9.55 Å². The molecular weight excluding hydrogens is 184 g/mol. The van der Waals surface area contributed by atoms with E-state index < -0.39 is 5.97 Å². The number of nitrogens with zero attached hydrogens (tertiary/aromatic N) is 4. The molecule has 0 saturated carbocycles. The molecule has 1 aromatic rings. The van der Waals surface area contributed by atoms with E-state index in [1.807, 2.05) is 0 Å². The zero-order valence-electron chi connectivity index (χ0n) is 7.39. The molecule has 0 N–H and O–H groups in total. The van der Waals surface area contributed by atoms with Crippen LogP contribution < -0.4 is 0 Å². The number of imidazole rings is 1. The lowest BCUT2D eigenvalue weighted by atomic mass is 10.4. The Morgan fingerprint density at radius 3 is 3.14 bits per heavy atom. The first-order chi connectivity index (χ1) is 6.72. The van der Waals surface area contributed by atoms with E-state index in [1.54, 1.807) is 6.07 Å². The maximum Gasteiger partial charge on any atom is 0.325 e. The number of carbonyl (C=O) groups excluding carboxylic acids is 1. The molecule has 0 aliphatic carbocycles. The van der Waals surface area contributed by atoms with Crippen molar-refractivity contribution in [2.24, 2.45) is 0 Å². The Bertz CT molecular complexity index is 435. The van der Waals surface area contributed by atoms with E-state index >= 15 is 0 Å². The summed E-state index contributed by atoms with van der Waals surface area (Å²) < 4.78 is 5.70. The molecule has 0 bridgehead atoms. The van der Waals surface area contributed by atoms with Crippen molar-refractivity contribution in [2.75, 3.05) is 7.11 Å². The first kappa shape index (κ1) is 9.75. The molecule has 0 spiro atoms. The summed E-state index contributed by atoms with van der Waals surface area (Å²) >= 11 is 0. The molecule has 0 atom stereocenters. The summed E-state index contributed by atoms with van der Waals surface area (Å²) in [7, 11) is 1.25. The van der Waals surface area contributed by atoms with Gasteiger partial charge in [-0.25, -0.2) is 0 Å². The summed E-state index contributed by atoms with van der Waals surface area (Å²) in [5, 5.41) is 8.70. The average molecular weight is 190 g/mol. The molecule has 0 fully saturated rings. The standard InChI is InChI=1S/C8H6N4O2/c1-10-8-6(3-9)12(5-11-8)4-7(13)14-2/h5H,4H2,2H3. The second-order valence-corrected chi connectivity index (χ2v) is 2.34. The van der Waals surface area contributed by atoms with Crippen LogP contribution in [0.2, 0.25) is 0 Å². The highest BCUT2D eigenvalue weighted by Gasteiger charge is 2.13. The van der Waals surface area contributed by atoms with Crippen LogP contribution in [0.15, 0.2) is 6.33 Å². The van der Waals surface area contributed by atoms with Crippen molar-refractivity contribution in [2.45, 2.75) is 6.54 Å². The molecule has 0 saturated heterocycles. The van der Waals surface area contributed by atoms with Gasteiger partial charge in [-0.1, -0.05) is 6.57 Å². The van der Waals surface area contributed by atoms with Crippen LogP contribution in [0.25, 0.3) is 4.85 Å². The predicted octanol–water partition coefficient (Wildman–Crippen LogP) is 0.479. The molecule has 0 unspecified atom stereocenters. The molecule has 0 aromatic carbocycles. The van der Waals surface area contributed by atoms with Crippen molar-refractivity contribution in [3.63, 3.8) is 0 Å². The van der Waals surface area contributed by atoms with E-state index in [9.17, 15) is 4.79 Å². The Morgan fingerprint density at radius 1 is 1.93 bits per heavy atom. The molecule has 1 rings (SSSR count). The van der Waals surface area contributed by atoms with Gasteiger partial charge in [0.25, 0.3) is 0 Å². The molecule has 0 aliphatic heterocycles. The second kappa shape index (κ2) is 4.06. The highest BCUT2D eigenvalue weighted by Crippen LogP contribution is 2.15. The number of hydrogen-bond donors (Lipinski definition) is 0. The zero-order chi connectivity index (χ0) is 10.6. The summed E-state index contributed by atoms with van der Waals surface area (Å²) in [6, 6.07) is 1.80. The minimum absolute atomic E-state index is 0.00333. The minimum atomic E-state index is -0.490. The molecule has 70 valence electrons. The fourth-order valence-corrected chi connectivity index (χ4v) is 0.891. The summed E-state index contributed by atoms with van der Waals surface area (Å²) in [5.41, 5.74) is 0.0744. The molecule has 6 nitrogen and oxygen atoms in total. The number of hydrogen-bond acceptors (Lipinski definition) is 4. The van der Waals surface area contributed by atoms with E-state index in [-0.39, 0.29) is 18.1 Å². The van der Waals surface area contributed by atoms with Gasteiger partial charge in [-0.05, 0) is 0 Å². The molecule has 1 aromatic heterocycles. The normalized spacial score (nSPS) is 8.79. The van der Waals surface area contributed by atoms with Gasteiger partial charge in [0, 0.05) is 0 Å². The van der Waals surface area contributed by atoms with Crippen molar-refractivity contribution in [3.8, 4) is 6.07 Å². The van der Waals surface area contributed by atoms with E-state index in [0.717, 1.165) is 0 Å². The van der Waals surface area contributed by atoms with Gasteiger partial charge in [0.1, 0.15) is 18.3 Å². The molecule has 0 radical (unpaired) electrons. The number of nitriles is 1. The first-order valence-corrected chi connectivity index (χ1v) is 3.62. The fraction of sp³-hybridized carbons (Fsp3) is 0.250. The van der Waals surface area contributed by atoms with Crippen molar-refractivity contribution in [3.05, 3.63) is 23.4 Å². The van der Waals surface area contributed by atoms with Crippen molar-refractivity contribution in [1.29, 1.82) is 5.26 Å². The first-order valence-electron chi connectivity index (χ1n) is 3.62. The Hall–Kier alpha value is -2.34. The number of ether oxygens (including phenoxy) is 1. The number of esters is 1. The van der Waals surface area contributed by atoms with Crippen LogP contribution in [0.4, 0.5) is 5.82 Å². The van der Waals surface area contributed by atoms with Gasteiger partial charge in [-0.2, -0.15) is 5.26 Å². The van der Waals surface area contributed by atoms with E-state index in [4.69, 9.17) is 11.8 Å². The molecule has 0 aliphatic rings. The van der Waals surface area contributed by atoms with Gasteiger partial charge < -0.3 is 14.1 Å². The van der Waals surface area contributed by atoms with Crippen LogP contribution in [-0.4, -0.2) is 22.6 Å². The van der Waals surface area contributed by atoms with Crippen molar-refractivity contribution >= 4 is 11.8 Å². The van der Waals surface area contributed by atoms with Crippen LogP contribution in [-0.2, 0) is 16.1 Å². The number of carbonyl (C=O) groups is 1. The van der Waals surface area contributed by atoms with Gasteiger partial charge in [0.05, 0.1) is 7.11 Å². The number of aromatic nitrogens is 2. The lowest BCUT2D eigenvalue weighted by Gasteiger charge is -1.99. The molecule has 0 amide bonds. The fourth-order valence-electron chi connectivity index (χ4n) is 0.891. The van der Waals surface area contributed by atoms with Crippen LogP contribution in [0.5, 0.6) is 0 Å². The van der Waals surface area contributed by atoms with E-state index in [0.29, 0.717) is 0 Å². The molecule has 6 heteroatoms. The van der Waals surface area contributed by atoms with Gasteiger partial charge >= 0.3 is 11.8 Å². The largest absolute Gasteiger partial charge is 0.468 e. The summed E-state index contributed by atoms with van der Waals surface area (Å²) in [6.45, 7) is 6.60. The smallest absolute Gasteiger partial charge is 0.325 e.